The van der Waals surface area contributed by atoms with Crippen LogP contribution in [0, 0.1) is 10.1 Å². The molecule has 138 valence electrons. The van der Waals surface area contributed by atoms with Gasteiger partial charge in [0.05, 0.1) is 10.6 Å². The number of benzene rings is 2. The third-order valence-corrected chi connectivity index (χ3v) is 6.08. The second-order valence-electron chi connectivity index (χ2n) is 5.13. The summed E-state index contributed by atoms with van der Waals surface area (Å²) in [6, 6.07) is 7.29. The molecule has 0 N–H and O–H groups in total. The number of para-hydroxylation sites is 1. The third-order valence-electron chi connectivity index (χ3n) is 3.38. The molecule has 26 heavy (non-hydrogen) atoms. The molecule has 0 aromatic heterocycles. The van der Waals surface area contributed by atoms with Crippen molar-refractivity contribution in [3.63, 3.8) is 0 Å². The van der Waals surface area contributed by atoms with Crippen molar-refractivity contribution < 1.29 is 18.1 Å². The molecule has 2 rings (SSSR count). The van der Waals surface area contributed by atoms with Gasteiger partial charge in [-0.1, -0.05) is 35.3 Å². The average molecular weight is 438 g/mol. The molecule has 0 bridgehead atoms. The standard InChI is InChI=1S/C15H11Cl3N2O5S/c1-9(15(18)21)19(12-7-10(16)6-11(17)8-12)26(24,25)14-5-3-2-4-13(14)20(22)23/h2-9H,1H3. The molecule has 0 spiro atoms. The zero-order valence-corrected chi connectivity index (χ0v) is 16.2. The Kier molecular flexibility index (Phi) is 6.13. The highest BCUT2D eigenvalue weighted by Gasteiger charge is 2.37. The highest BCUT2D eigenvalue weighted by atomic mass is 35.5. The second-order valence-corrected chi connectivity index (χ2v) is 8.16. The number of anilines is 1. The van der Waals surface area contributed by atoms with Crippen LogP contribution in [-0.2, 0) is 14.8 Å². The summed E-state index contributed by atoms with van der Waals surface area (Å²) >= 11 is 17.4. The molecular formula is C15H11Cl3N2O5S. The van der Waals surface area contributed by atoms with Gasteiger partial charge < -0.3 is 0 Å². The minimum Gasteiger partial charge on any atom is -0.279 e. The predicted molar refractivity (Wildman–Crippen MR) is 99.5 cm³/mol. The zero-order valence-electron chi connectivity index (χ0n) is 13.1. The lowest BCUT2D eigenvalue weighted by Gasteiger charge is -2.28. The first-order valence-corrected chi connectivity index (χ1v) is 9.56. The van der Waals surface area contributed by atoms with Crippen LogP contribution in [0.3, 0.4) is 0 Å². The number of nitrogens with zero attached hydrogens (tertiary/aromatic N) is 2. The van der Waals surface area contributed by atoms with Crippen LogP contribution in [0.1, 0.15) is 6.92 Å². The largest absolute Gasteiger partial charge is 0.289 e. The first kappa shape index (κ1) is 20.4. The van der Waals surface area contributed by atoms with Gasteiger partial charge in [-0.05, 0) is 42.8 Å². The first-order chi connectivity index (χ1) is 12.1. The molecule has 0 saturated heterocycles. The molecular weight excluding hydrogens is 427 g/mol. The Bertz CT molecular complexity index is 961. The molecule has 7 nitrogen and oxygen atoms in total. The number of hydrogen-bond donors (Lipinski definition) is 0. The third kappa shape index (κ3) is 4.09. The number of nitro groups is 1. The molecule has 1 atom stereocenters. The van der Waals surface area contributed by atoms with E-state index in [1.165, 1.54) is 37.3 Å². The van der Waals surface area contributed by atoms with Gasteiger partial charge in [0, 0.05) is 16.1 Å². The normalized spacial score (nSPS) is 12.5. The van der Waals surface area contributed by atoms with E-state index in [0.717, 1.165) is 12.1 Å². The maximum absolute atomic E-state index is 13.2. The van der Waals surface area contributed by atoms with Crippen LogP contribution >= 0.6 is 34.8 Å². The van der Waals surface area contributed by atoms with Crippen molar-refractivity contribution in [2.75, 3.05) is 4.31 Å². The summed E-state index contributed by atoms with van der Waals surface area (Å²) in [7, 11) is -4.54. The van der Waals surface area contributed by atoms with Gasteiger partial charge >= 0.3 is 0 Å². The summed E-state index contributed by atoms with van der Waals surface area (Å²) in [6.45, 7) is 1.25. The number of halogens is 3. The van der Waals surface area contributed by atoms with Gasteiger partial charge in [-0.3, -0.25) is 19.2 Å². The van der Waals surface area contributed by atoms with E-state index in [0.29, 0.717) is 4.31 Å². The Morgan fingerprint density at radius 1 is 1.15 bits per heavy atom. The van der Waals surface area contributed by atoms with E-state index in [-0.39, 0.29) is 15.7 Å². The van der Waals surface area contributed by atoms with Gasteiger partial charge in [-0.2, -0.15) is 0 Å². The van der Waals surface area contributed by atoms with E-state index >= 15 is 0 Å². The highest BCUT2D eigenvalue weighted by molar-refractivity contribution is 7.93. The summed E-state index contributed by atoms with van der Waals surface area (Å²) in [5.74, 6) is 0. The lowest BCUT2D eigenvalue weighted by atomic mass is 10.3. The topological polar surface area (TPSA) is 97.6 Å². The summed E-state index contributed by atoms with van der Waals surface area (Å²) < 4.78 is 27.0. The molecule has 0 amide bonds. The number of hydrogen-bond acceptors (Lipinski definition) is 5. The molecule has 2 aromatic carbocycles. The van der Waals surface area contributed by atoms with Crippen LogP contribution in [0.5, 0.6) is 0 Å². The van der Waals surface area contributed by atoms with Crippen LogP contribution in [0.4, 0.5) is 11.4 Å². The number of sulfonamides is 1. The zero-order chi connectivity index (χ0) is 19.6. The maximum atomic E-state index is 13.2. The Morgan fingerprint density at radius 3 is 2.19 bits per heavy atom. The highest BCUT2D eigenvalue weighted by Crippen LogP contribution is 2.34. The monoisotopic (exact) mass is 436 g/mol. The lowest BCUT2D eigenvalue weighted by molar-refractivity contribution is -0.387. The van der Waals surface area contributed by atoms with E-state index < -0.39 is 36.8 Å². The Morgan fingerprint density at radius 2 is 1.69 bits per heavy atom. The maximum Gasteiger partial charge on any atom is 0.289 e. The van der Waals surface area contributed by atoms with Crippen molar-refractivity contribution in [1.29, 1.82) is 0 Å². The van der Waals surface area contributed by atoms with Crippen LogP contribution < -0.4 is 4.31 Å². The number of rotatable bonds is 6. The van der Waals surface area contributed by atoms with E-state index in [2.05, 4.69) is 0 Å². The van der Waals surface area contributed by atoms with Crippen molar-refractivity contribution in [2.24, 2.45) is 0 Å². The first-order valence-electron chi connectivity index (χ1n) is 6.99. The van der Waals surface area contributed by atoms with Crippen LogP contribution in [0.25, 0.3) is 0 Å². The fourth-order valence-corrected chi connectivity index (χ4v) is 4.70. The quantitative estimate of drug-likeness (QED) is 0.382. The van der Waals surface area contributed by atoms with Gasteiger partial charge in [0.2, 0.25) is 5.24 Å². The van der Waals surface area contributed by atoms with Crippen molar-refractivity contribution in [2.45, 2.75) is 17.9 Å². The smallest absolute Gasteiger partial charge is 0.279 e. The number of nitro benzene ring substituents is 1. The fourth-order valence-electron chi connectivity index (χ4n) is 2.26. The SMILES string of the molecule is CC(C(=O)Cl)N(c1cc(Cl)cc(Cl)c1)S(=O)(=O)c1ccccc1[N+](=O)[O-]. The Hall–Kier alpha value is -1.87. The molecule has 0 aliphatic rings. The minimum atomic E-state index is -4.54. The molecule has 2 aromatic rings. The molecule has 0 fully saturated rings. The molecule has 0 radical (unpaired) electrons. The van der Waals surface area contributed by atoms with Gasteiger partial charge in [0.15, 0.2) is 4.90 Å². The van der Waals surface area contributed by atoms with Crippen LogP contribution in [0.2, 0.25) is 10.0 Å². The van der Waals surface area contributed by atoms with Gasteiger partial charge in [-0.15, -0.1) is 0 Å². The van der Waals surface area contributed by atoms with Crippen molar-refractivity contribution >= 4 is 61.4 Å². The van der Waals surface area contributed by atoms with Gasteiger partial charge in [0.1, 0.15) is 6.04 Å². The minimum absolute atomic E-state index is 0.0536. The van der Waals surface area contributed by atoms with Crippen molar-refractivity contribution in [1.82, 2.24) is 0 Å². The second kappa shape index (κ2) is 7.79. The van der Waals surface area contributed by atoms with E-state index in [4.69, 9.17) is 34.8 Å². The van der Waals surface area contributed by atoms with E-state index in [1.54, 1.807) is 0 Å². The summed E-state index contributed by atoms with van der Waals surface area (Å²) in [5, 5.41) is 10.5. The van der Waals surface area contributed by atoms with Gasteiger partial charge in [0.25, 0.3) is 15.7 Å². The Labute approximate surface area is 164 Å². The number of carbonyl (C=O) groups is 1. The van der Waals surface area contributed by atoms with E-state index in [1.807, 2.05) is 0 Å². The number of carbonyl (C=O) groups excluding carboxylic acids is 1. The lowest BCUT2D eigenvalue weighted by Crippen LogP contribution is -2.42. The van der Waals surface area contributed by atoms with Crippen molar-refractivity contribution in [3.05, 3.63) is 62.6 Å². The van der Waals surface area contributed by atoms with Crippen molar-refractivity contribution in [3.8, 4) is 0 Å². The summed E-state index contributed by atoms with van der Waals surface area (Å²) in [4.78, 5) is 21.5. The fraction of sp³-hybridized carbons (Fsp3) is 0.133. The molecule has 0 saturated carbocycles. The van der Waals surface area contributed by atoms with Crippen LogP contribution in [0.15, 0.2) is 47.4 Å². The molecule has 0 aliphatic heterocycles. The molecule has 11 heteroatoms. The van der Waals surface area contributed by atoms with E-state index in [9.17, 15) is 23.3 Å². The molecule has 0 aliphatic carbocycles. The van der Waals surface area contributed by atoms with Gasteiger partial charge in [-0.25, -0.2) is 8.42 Å². The summed E-state index contributed by atoms with van der Waals surface area (Å²) in [6.07, 6.45) is 0. The molecule has 0 heterocycles. The Balaban J connectivity index is 2.77. The van der Waals surface area contributed by atoms with Crippen LogP contribution in [-0.4, -0.2) is 24.6 Å². The summed E-state index contributed by atoms with van der Waals surface area (Å²) in [5.41, 5.74) is -0.693. The predicted octanol–water partition coefficient (Wildman–Crippen LogP) is 4.25. The average Bonchev–Trinajstić information content (AvgIpc) is 2.53. The molecule has 1 unspecified atom stereocenters.